The lowest BCUT2D eigenvalue weighted by atomic mass is 9.74. The molecule has 0 bridgehead atoms. The number of para-hydroxylation sites is 1. The molecule has 2 fully saturated rings. The number of carbonyl (C=O) groups is 2. The van der Waals surface area contributed by atoms with Crippen LogP contribution in [0.5, 0.6) is 5.75 Å². The number of rotatable bonds is 2. The minimum atomic E-state index is -0.469. The van der Waals surface area contributed by atoms with Gasteiger partial charge in [-0.15, -0.1) is 0 Å². The number of likely N-dealkylation sites (tertiary alicyclic amines) is 2. The van der Waals surface area contributed by atoms with E-state index in [1.54, 1.807) is 0 Å². The summed E-state index contributed by atoms with van der Waals surface area (Å²) in [4.78, 5) is 30.7. The molecule has 0 aromatic heterocycles. The van der Waals surface area contributed by atoms with E-state index in [9.17, 15) is 9.59 Å². The summed E-state index contributed by atoms with van der Waals surface area (Å²) in [5, 5.41) is 3.13. The number of piperidine rings is 2. The summed E-state index contributed by atoms with van der Waals surface area (Å²) in [5.41, 5.74) is 0.771. The topological polar surface area (TPSA) is 61.9 Å². The van der Waals surface area contributed by atoms with Gasteiger partial charge in [0.15, 0.2) is 0 Å². The van der Waals surface area contributed by atoms with Crippen molar-refractivity contribution in [2.45, 2.75) is 58.3 Å². The van der Waals surface area contributed by atoms with Gasteiger partial charge in [-0.3, -0.25) is 14.5 Å². The molecule has 32 heavy (non-hydrogen) atoms. The van der Waals surface area contributed by atoms with E-state index < -0.39 is 5.41 Å². The average molecular weight is 442 g/mol. The third-order valence-electron chi connectivity index (χ3n) is 7.62. The fourth-order valence-corrected chi connectivity index (χ4v) is 5.50. The predicted molar refractivity (Wildman–Crippen MR) is 126 cm³/mol. The normalized spacial score (nSPS) is 26.4. The Morgan fingerprint density at radius 2 is 1.91 bits per heavy atom. The Hall–Kier alpha value is -2.08. The van der Waals surface area contributed by atoms with Crippen molar-refractivity contribution in [3.8, 4) is 5.75 Å². The number of benzene rings is 1. The number of nitrogens with zero attached hydrogens (tertiary/aromatic N) is 2. The fraction of sp³-hybridized carbons (Fsp3) is 0.692. The van der Waals surface area contributed by atoms with Crippen molar-refractivity contribution in [3.63, 3.8) is 0 Å². The van der Waals surface area contributed by atoms with Crippen LogP contribution >= 0.6 is 0 Å². The number of hydrogen-bond donors (Lipinski definition) is 1. The first-order valence-electron chi connectivity index (χ1n) is 12.5. The molecular weight excluding hydrogens is 402 g/mol. The standard InChI is InChI=1S/C26H39N3O3/c1-21-10-16-28(17-11-21)19-24(30)29-15-6-13-26(20-29)12-5-4-8-22-7-2-3-9-23(22)32-18-14-27-25(26)31/h2-3,7,9,21H,4-6,8,10-20H2,1H3,(H,27,31). The highest BCUT2D eigenvalue weighted by Crippen LogP contribution is 2.36. The summed E-state index contributed by atoms with van der Waals surface area (Å²) >= 11 is 0. The number of nitrogens with one attached hydrogen (secondary N) is 1. The smallest absolute Gasteiger partial charge is 0.236 e. The highest BCUT2D eigenvalue weighted by molar-refractivity contribution is 5.85. The van der Waals surface area contributed by atoms with Gasteiger partial charge in [-0.05, 0) is 75.6 Å². The summed E-state index contributed by atoms with van der Waals surface area (Å²) in [6.07, 6.45) is 7.91. The molecule has 1 aromatic carbocycles. The molecule has 4 rings (SSSR count). The second-order valence-electron chi connectivity index (χ2n) is 10.1. The fourth-order valence-electron chi connectivity index (χ4n) is 5.50. The minimum Gasteiger partial charge on any atom is -0.491 e. The van der Waals surface area contributed by atoms with Crippen LogP contribution in [0.3, 0.4) is 0 Å². The predicted octanol–water partition coefficient (Wildman–Crippen LogP) is 3.25. The number of aryl methyl sites for hydroxylation is 1. The molecular formula is C26H39N3O3. The number of hydrogen-bond acceptors (Lipinski definition) is 4. The molecule has 0 saturated carbocycles. The summed E-state index contributed by atoms with van der Waals surface area (Å²) in [5.74, 6) is 1.98. The first-order valence-corrected chi connectivity index (χ1v) is 12.5. The quantitative estimate of drug-likeness (QED) is 0.765. The van der Waals surface area contributed by atoms with Crippen molar-refractivity contribution in [1.82, 2.24) is 15.1 Å². The zero-order valence-electron chi connectivity index (χ0n) is 19.6. The van der Waals surface area contributed by atoms with Gasteiger partial charge in [-0.1, -0.05) is 31.5 Å². The lowest BCUT2D eigenvalue weighted by Gasteiger charge is -2.43. The molecule has 1 N–H and O–H groups in total. The van der Waals surface area contributed by atoms with E-state index in [0.29, 0.717) is 26.2 Å². The van der Waals surface area contributed by atoms with E-state index in [0.717, 1.165) is 69.8 Å². The molecule has 3 aliphatic rings. The third kappa shape index (κ3) is 5.64. The molecule has 3 heterocycles. The molecule has 1 atom stereocenters. The number of amides is 2. The van der Waals surface area contributed by atoms with Crippen LogP contribution < -0.4 is 10.1 Å². The van der Waals surface area contributed by atoms with Gasteiger partial charge in [-0.2, -0.15) is 0 Å². The zero-order valence-corrected chi connectivity index (χ0v) is 19.6. The molecule has 6 nitrogen and oxygen atoms in total. The van der Waals surface area contributed by atoms with Crippen LogP contribution in [0.2, 0.25) is 0 Å². The summed E-state index contributed by atoms with van der Waals surface area (Å²) in [6, 6.07) is 8.21. The minimum absolute atomic E-state index is 0.0965. The van der Waals surface area contributed by atoms with E-state index in [1.807, 2.05) is 17.0 Å². The lowest BCUT2D eigenvalue weighted by Crippen LogP contribution is -2.55. The average Bonchev–Trinajstić information content (AvgIpc) is 2.81. The van der Waals surface area contributed by atoms with Crippen LogP contribution in [-0.2, 0) is 16.0 Å². The van der Waals surface area contributed by atoms with E-state index >= 15 is 0 Å². The van der Waals surface area contributed by atoms with Crippen LogP contribution in [0.1, 0.15) is 57.4 Å². The van der Waals surface area contributed by atoms with Gasteiger partial charge in [0.2, 0.25) is 11.8 Å². The Kier molecular flexibility index (Phi) is 7.71. The van der Waals surface area contributed by atoms with Crippen LogP contribution in [0.25, 0.3) is 0 Å². The summed E-state index contributed by atoms with van der Waals surface area (Å²) in [7, 11) is 0. The molecule has 2 saturated heterocycles. The molecule has 0 aliphatic carbocycles. The largest absolute Gasteiger partial charge is 0.491 e. The van der Waals surface area contributed by atoms with Gasteiger partial charge >= 0.3 is 0 Å². The maximum Gasteiger partial charge on any atom is 0.236 e. The van der Waals surface area contributed by atoms with Crippen LogP contribution in [0.15, 0.2) is 24.3 Å². The Balaban J connectivity index is 1.40. The van der Waals surface area contributed by atoms with Crippen molar-refractivity contribution in [2.75, 3.05) is 45.9 Å². The Labute approximate surface area is 192 Å². The molecule has 6 heteroatoms. The molecule has 1 spiro atoms. The Morgan fingerprint density at radius 3 is 2.75 bits per heavy atom. The van der Waals surface area contributed by atoms with E-state index in [-0.39, 0.29) is 11.8 Å². The highest BCUT2D eigenvalue weighted by Gasteiger charge is 2.43. The second-order valence-corrected chi connectivity index (χ2v) is 10.1. The molecule has 176 valence electrons. The second kappa shape index (κ2) is 10.7. The molecule has 3 aliphatic heterocycles. The van der Waals surface area contributed by atoms with Crippen molar-refractivity contribution >= 4 is 11.8 Å². The first-order chi connectivity index (χ1) is 15.6. The number of ether oxygens (including phenoxy) is 1. The maximum absolute atomic E-state index is 13.3. The van der Waals surface area contributed by atoms with Gasteiger partial charge in [-0.25, -0.2) is 0 Å². The van der Waals surface area contributed by atoms with Crippen molar-refractivity contribution in [1.29, 1.82) is 0 Å². The van der Waals surface area contributed by atoms with Gasteiger partial charge in [0, 0.05) is 13.1 Å². The van der Waals surface area contributed by atoms with Crippen LogP contribution in [0.4, 0.5) is 0 Å². The van der Waals surface area contributed by atoms with Crippen molar-refractivity contribution < 1.29 is 14.3 Å². The molecule has 1 aromatic rings. The van der Waals surface area contributed by atoms with Gasteiger partial charge in [0.05, 0.1) is 18.5 Å². The third-order valence-corrected chi connectivity index (χ3v) is 7.62. The van der Waals surface area contributed by atoms with Crippen molar-refractivity contribution in [3.05, 3.63) is 29.8 Å². The van der Waals surface area contributed by atoms with Crippen LogP contribution in [-0.4, -0.2) is 67.5 Å². The van der Waals surface area contributed by atoms with Gasteiger partial charge in [0.1, 0.15) is 12.4 Å². The lowest BCUT2D eigenvalue weighted by molar-refractivity contribution is -0.143. The van der Waals surface area contributed by atoms with E-state index in [2.05, 4.69) is 29.3 Å². The summed E-state index contributed by atoms with van der Waals surface area (Å²) < 4.78 is 5.95. The van der Waals surface area contributed by atoms with E-state index in [4.69, 9.17) is 4.74 Å². The van der Waals surface area contributed by atoms with Crippen LogP contribution in [0, 0.1) is 11.3 Å². The number of fused-ring (bicyclic) bond motifs is 1. The van der Waals surface area contributed by atoms with Gasteiger partial charge < -0.3 is 15.0 Å². The van der Waals surface area contributed by atoms with Gasteiger partial charge in [0.25, 0.3) is 0 Å². The molecule has 2 amide bonds. The SMILES string of the molecule is CC1CCN(CC(=O)N2CCCC3(CCCCc4ccccc4OCCNC3=O)C2)CC1. The Bertz CT molecular complexity index is 790. The summed E-state index contributed by atoms with van der Waals surface area (Å²) in [6.45, 7) is 7.09. The molecule has 0 radical (unpaired) electrons. The molecule has 1 unspecified atom stereocenters. The first kappa shape index (κ1) is 23.1. The monoisotopic (exact) mass is 441 g/mol. The zero-order chi connectivity index (χ0) is 22.4. The van der Waals surface area contributed by atoms with E-state index in [1.165, 1.54) is 18.4 Å². The highest BCUT2D eigenvalue weighted by atomic mass is 16.5. The van der Waals surface area contributed by atoms with Crippen molar-refractivity contribution in [2.24, 2.45) is 11.3 Å². The Morgan fingerprint density at radius 1 is 1.12 bits per heavy atom. The number of carbonyl (C=O) groups excluding carboxylic acids is 2. The maximum atomic E-state index is 13.3.